The first kappa shape index (κ1) is 17.6. The van der Waals surface area contributed by atoms with Crippen molar-refractivity contribution in [1.82, 2.24) is 24.5 Å². The standard InChI is InChI=1S/C28H25N7O/c1-18-11-23(14-24(12-18)35-16-20(3)31-17-35)32-27(36)21-7-6-19(2)26(13-21)34-28-30-10-8-25(33-28)22-5-4-9-29-15-22/h4-17H,1-3H3,(H,32,36)(H,30,33,34)/i11D,12D,14D,16D,17D. The maximum Gasteiger partial charge on any atom is 0.255 e. The van der Waals surface area contributed by atoms with Crippen molar-refractivity contribution >= 4 is 23.2 Å². The highest BCUT2D eigenvalue weighted by Crippen LogP contribution is 2.24. The van der Waals surface area contributed by atoms with Crippen LogP contribution in [0, 0.1) is 20.8 Å². The van der Waals surface area contributed by atoms with Crippen LogP contribution in [0.25, 0.3) is 16.9 Å². The summed E-state index contributed by atoms with van der Waals surface area (Å²) in [4.78, 5) is 30.3. The number of carbonyl (C=O) groups excluding carboxylic acids is 1. The largest absolute Gasteiger partial charge is 0.324 e. The zero-order chi connectivity index (χ0) is 29.4. The topological polar surface area (TPSA) is 97.6 Å². The van der Waals surface area contributed by atoms with E-state index in [9.17, 15) is 4.79 Å². The van der Waals surface area contributed by atoms with Gasteiger partial charge in [0.25, 0.3) is 5.91 Å². The summed E-state index contributed by atoms with van der Waals surface area (Å²) < 4.78 is 43.2. The third-order valence-corrected chi connectivity index (χ3v) is 5.27. The van der Waals surface area contributed by atoms with E-state index >= 15 is 0 Å². The van der Waals surface area contributed by atoms with Crippen molar-refractivity contribution in [2.24, 2.45) is 0 Å². The molecule has 0 fully saturated rings. The Hall–Kier alpha value is -4.85. The van der Waals surface area contributed by atoms with Gasteiger partial charge in [-0.25, -0.2) is 15.0 Å². The summed E-state index contributed by atoms with van der Waals surface area (Å²) in [6.45, 7) is 4.95. The first-order valence-electron chi connectivity index (χ1n) is 13.6. The van der Waals surface area contributed by atoms with Gasteiger partial charge in [-0.05, 0) is 80.4 Å². The quantitative estimate of drug-likeness (QED) is 0.326. The molecule has 0 saturated heterocycles. The molecule has 3 heterocycles. The van der Waals surface area contributed by atoms with Crippen LogP contribution in [0.4, 0.5) is 17.3 Å². The maximum absolute atomic E-state index is 13.4. The Morgan fingerprint density at radius 1 is 1.03 bits per heavy atom. The van der Waals surface area contributed by atoms with Gasteiger partial charge in [-0.1, -0.05) is 6.07 Å². The van der Waals surface area contributed by atoms with Gasteiger partial charge in [0.05, 0.1) is 23.2 Å². The minimum Gasteiger partial charge on any atom is -0.324 e. The molecule has 0 aliphatic carbocycles. The Labute approximate surface area is 216 Å². The molecular weight excluding hydrogens is 450 g/mol. The van der Waals surface area contributed by atoms with Crippen LogP contribution >= 0.6 is 0 Å². The van der Waals surface area contributed by atoms with E-state index in [1.807, 2.05) is 19.1 Å². The lowest BCUT2D eigenvalue weighted by molar-refractivity contribution is 0.102. The molecule has 0 saturated carbocycles. The van der Waals surface area contributed by atoms with Gasteiger partial charge >= 0.3 is 0 Å². The zero-order valence-electron chi connectivity index (χ0n) is 24.8. The summed E-state index contributed by atoms with van der Waals surface area (Å²) in [7, 11) is 0. The second kappa shape index (κ2) is 9.79. The molecule has 0 spiro atoms. The first-order valence-corrected chi connectivity index (χ1v) is 11.1. The highest BCUT2D eigenvalue weighted by molar-refractivity contribution is 6.05. The summed E-state index contributed by atoms with van der Waals surface area (Å²) in [5.74, 6) is -0.254. The lowest BCUT2D eigenvalue weighted by Gasteiger charge is -2.13. The molecular formula is C28H25N7O. The van der Waals surface area contributed by atoms with Crippen LogP contribution < -0.4 is 10.6 Å². The molecule has 0 aliphatic heterocycles. The van der Waals surface area contributed by atoms with Gasteiger partial charge in [0.1, 0.15) is 1.37 Å². The Kier molecular flexibility index (Phi) is 4.78. The fraction of sp³-hybridized carbons (Fsp3) is 0.107. The van der Waals surface area contributed by atoms with Crippen molar-refractivity contribution in [1.29, 1.82) is 0 Å². The Balaban J connectivity index is 1.47. The number of nitrogens with zero attached hydrogens (tertiary/aromatic N) is 5. The van der Waals surface area contributed by atoms with Gasteiger partial charge in [0.15, 0.2) is 0 Å². The van der Waals surface area contributed by atoms with E-state index in [-0.39, 0.29) is 58.8 Å². The summed E-state index contributed by atoms with van der Waals surface area (Å²) in [5, 5.41) is 5.79. The van der Waals surface area contributed by atoms with Crippen LogP contribution in [-0.2, 0) is 0 Å². The predicted molar refractivity (Wildman–Crippen MR) is 141 cm³/mol. The summed E-state index contributed by atoms with van der Waals surface area (Å²) in [6, 6.07) is 9.72. The molecule has 0 radical (unpaired) electrons. The summed E-state index contributed by atoms with van der Waals surface area (Å²) in [6.07, 6.45) is 4.55. The zero-order valence-corrected chi connectivity index (χ0v) is 19.8. The van der Waals surface area contributed by atoms with Crippen molar-refractivity contribution in [3.63, 3.8) is 0 Å². The Bertz CT molecular complexity index is 1810. The van der Waals surface area contributed by atoms with Crippen molar-refractivity contribution < 1.29 is 11.6 Å². The van der Waals surface area contributed by atoms with Gasteiger partial charge in [-0.3, -0.25) is 9.78 Å². The van der Waals surface area contributed by atoms with Gasteiger partial charge in [-0.15, -0.1) is 0 Å². The lowest BCUT2D eigenvalue weighted by atomic mass is 10.1. The molecule has 8 nitrogen and oxygen atoms in total. The van der Waals surface area contributed by atoms with Crippen LogP contribution in [0.3, 0.4) is 0 Å². The number of anilines is 3. The molecule has 0 bridgehead atoms. The van der Waals surface area contributed by atoms with Crippen molar-refractivity contribution in [2.75, 3.05) is 10.6 Å². The van der Waals surface area contributed by atoms with Crippen LogP contribution in [0.2, 0.25) is 0 Å². The smallest absolute Gasteiger partial charge is 0.255 e. The number of nitrogens with one attached hydrogen (secondary N) is 2. The number of rotatable bonds is 6. The minimum absolute atomic E-state index is 0.0960. The molecule has 36 heavy (non-hydrogen) atoms. The van der Waals surface area contributed by atoms with E-state index in [0.717, 1.165) is 15.7 Å². The molecule has 1 amide bonds. The molecule has 178 valence electrons. The van der Waals surface area contributed by atoms with Crippen LogP contribution in [0.5, 0.6) is 0 Å². The summed E-state index contributed by atoms with van der Waals surface area (Å²) in [5.41, 5.74) is 3.39. The molecule has 2 N–H and O–H groups in total. The van der Waals surface area contributed by atoms with E-state index < -0.39 is 5.91 Å². The number of aromatic nitrogens is 5. The maximum atomic E-state index is 13.4. The van der Waals surface area contributed by atoms with Crippen LogP contribution in [0.15, 0.2) is 85.6 Å². The summed E-state index contributed by atoms with van der Waals surface area (Å²) >= 11 is 0. The van der Waals surface area contributed by atoms with Crippen molar-refractivity contribution in [3.05, 3.63) is 108 Å². The van der Waals surface area contributed by atoms with E-state index in [0.29, 0.717) is 17.3 Å². The molecule has 5 rings (SSSR count). The predicted octanol–water partition coefficient (Wildman–Crippen LogP) is 5.65. The highest BCUT2D eigenvalue weighted by atomic mass is 16.1. The third kappa shape index (κ3) is 5.12. The number of benzene rings is 2. The monoisotopic (exact) mass is 480 g/mol. The van der Waals surface area contributed by atoms with Gasteiger partial charge in [-0.2, -0.15) is 0 Å². The third-order valence-electron chi connectivity index (χ3n) is 5.27. The highest BCUT2D eigenvalue weighted by Gasteiger charge is 2.12. The van der Waals surface area contributed by atoms with Crippen LogP contribution in [-0.4, -0.2) is 30.4 Å². The fourth-order valence-corrected chi connectivity index (χ4v) is 3.49. The number of hydrogen-bond acceptors (Lipinski definition) is 6. The lowest BCUT2D eigenvalue weighted by Crippen LogP contribution is -2.13. The van der Waals surface area contributed by atoms with E-state index in [1.165, 1.54) is 6.92 Å². The SMILES string of the molecule is [2H]c1c(C)c([2H])c(-n2c([2H])nc(C)c2[2H])c([2H])c1NC(=O)c1ccc(C)c(Nc2nccc(-c3cccnc3)n2)c1. The molecule has 3 aromatic heterocycles. The number of carbonyl (C=O) groups is 1. The molecule has 8 heteroatoms. The molecule has 0 atom stereocenters. The molecule has 0 aliphatic rings. The van der Waals surface area contributed by atoms with E-state index in [2.05, 4.69) is 30.6 Å². The Morgan fingerprint density at radius 3 is 2.69 bits per heavy atom. The molecule has 0 unspecified atom stereocenters. The number of aryl methyl sites for hydroxylation is 2. The van der Waals surface area contributed by atoms with Crippen molar-refractivity contribution in [2.45, 2.75) is 20.8 Å². The van der Waals surface area contributed by atoms with Gasteiger partial charge < -0.3 is 15.2 Å². The first-order chi connectivity index (χ1) is 19.6. The normalized spacial score (nSPS) is 12.7. The van der Waals surface area contributed by atoms with Crippen molar-refractivity contribution in [3.8, 4) is 16.9 Å². The number of hydrogen-bond donors (Lipinski definition) is 2. The Morgan fingerprint density at radius 2 is 1.92 bits per heavy atom. The van der Waals surface area contributed by atoms with E-state index in [1.54, 1.807) is 49.8 Å². The molecule has 2 aromatic carbocycles. The van der Waals surface area contributed by atoms with E-state index in [4.69, 9.17) is 6.85 Å². The second-order valence-corrected chi connectivity index (χ2v) is 8.08. The number of pyridine rings is 1. The minimum atomic E-state index is -0.581. The average molecular weight is 481 g/mol. The number of imidazole rings is 1. The molecule has 5 aromatic rings. The van der Waals surface area contributed by atoms with Gasteiger partial charge in [0, 0.05) is 53.0 Å². The number of amides is 1. The van der Waals surface area contributed by atoms with Crippen LogP contribution in [0.1, 0.15) is 34.0 Å². The van der Waals surface area contributed by atoms with Gasteiger partial charge in [0.2, 0.25) is 5.95 Å². The second-order valence-electron chi connectivity index (χ2n) is 8.08. The fourth-order valence-electron chi connectivity index (χ4n) is 3.49. The average Bonchev–Trinajstić information content (AvgIpc) is 3.22.